The molecule has 1 aliphatic rings. The maximum atomic E-state index is 13.9. The molecule has 0 spiro atoms. The Bertz CT molecular complexity index is 613. The molecule has 118 valence electrons. The van der Waals surface area contributed by atoms with E-state index in [1.807, 2.05) is 4.72 Å². The topological polar surface area (TPSA) is 58.2 Å². The first kappa shape index (κ1) is 16.7. The van der Waals surface area contributed by atoms with Gasteiger partial charge in [-0.05, 0) is 46.9 Å². The molecule has 4 nitrogen and oxygen atoms in total. The van der Waals surface area contributed by atoms with Crippen molar-refractivity contribution in [1.29, 1.82) is 0 Å². The summed E-state index contributed by atoms with van der Waals surface area (Å²) in [6.45, 7) is 0.483. The van der Waals surface area contributed by atoms with Gasteiger partial charge in [-0.25, -0.2) is 17.5 Å². The molecule has 9 heteroatoms. The van der Waals surface area contributed by atoms with Gasteiger partial charge in [0.25, 0.3) is 10.0 Å². The highest BCUT2D eigenvalue weighted by Gasteiger charge is 2.34. The number of benzene rings is 1. The largest absolute Gasteiger partial charge is 0.350 e. The van der Waals surface area contributed by atoms with Crippen LogP contribution in [-0.2, 0) is 16.4 Å². The Labute approximate surface area is 129 Å². The summed E-state index contributed by atoms with van der Waals surface area (Å²) < 4.78 is 63.5. The Morgan fingerprint density at radius 3 is 2.81 bits per heavy atom. The highest BCUT2D eigenvalue weighted by atomic mass is 79.9. The monoisotopic (exact) mass is 386 g/mol. The van der Waals surface area contributed by atoms with Gasteiger partial charge in [0, 0.05) is 12.1 Å². The smallest absolute Gasteiger partial charge is 0.312 e. The maximum Gasteiger partial charge on any atom is 0.350 e. The van der Waals surface area contributed by atoms with Gasteiger partial charge in [0.2, 0.25) is 0 Å². The van der Waals surface area contributed by atoms with E-state index in [9.17, 15) is 21.6 Å². The number of halogens is 4. The molecule has 1 heterocycles. The standard InChI is InChI=1S/C12H14BrF3N2O2S/c13-8-3-1-2-7(11(8)14)6-10-9(4-5-17-10)18-21(19,20)12(15)16/h1-3,9-10,12,17-18H,4-6H2/t9-,10-/m0/s1. The van der Waals surface area contributed by atoms with Crippen LogP contribution in [0.25, 0.3) is 0 Å². The van der Waals surface area contributed by atoms with E-state index in [1.165, 1.54) is 0 Å². The lowest BCUT2D eigenvalue weighted by Crippen LogP contribution is -2.46. The molecule has 1 fully saturated rings. The fraction of sp³-hybridized carbons (Fsp3) is 0.500. The minimum atomic E-state index is -4.65. The molecule has 0 aliphatic carbocycles. The van der Waals surface area contributed by atoms with E-state index in [0.29, 0.717) is 23.0 Å². The second-order valence-electron chi connectivity index (χ2n) is 4.80. The molecule has 2 N–H and O–H groups in total. The molecule has 2 rings (SSSR count). The minimum absolute atomic E-state index is 0.210. The van der Waals surface area contributed by atoms with E-state index < -0.39 is 33.7 Å². The number of hydrogen-bond donors (Lipinski definition) is 2. The van der Waals surface area contributed by atoms with Gasteiger partial charge >= 0.3 is 5.76 Å². The average Bonchev–Trinajstić information content (AvgIpc) is 2.81. The first-order valence-corrected chi connectivity index (χ1v) is 8.61. The van der Waals surface area contributed by atoms with Crippen molar-refractivity contribution < 1.29 is 21.6 Å². The van der Waals surface area contributed by atoms with E-state index in [2.05, 4.69) is 21.2 Å². The van der Waals surface area contributed by atoms with Crippen LogP contribution in [0.1, 0.15) is 12.0 Å². The van der Waals surface area contributed by atoms with Crippen molar-refractivity contribution >= 4 is 26.0 Å². The normalized spacial score (nSPS) is 22.9. The number of rotatable bonds is 5. The summed E-state index contributed by atoms with van der Waals surface area (Å²) in [7, 11) is -4.65. The lowest BCUT2D eigenvalue weighted by atomic mass is 10.0. The minimum Gasteiger partial charge on any atom is -0.312 e. The molecule has 1 aromatic rings. The molecule has 0 unspecified atom stereocenters. The van der Waals surface area contributed by atoms with Gasteiger partial charge < -0.3 is 5.32 Å². The van der Waals surface area contributed by atoms with Crippen LogP contribution in [0.15, 0.2) is 22.7 Å². The molecular formula is C12H14BrF3N2O2S. The summed E-state index contributed by atoms with van der Waals surface area (Å²) in [6.07, 6.45) is 0.591. The molecule has 0 bridgehead atoms. The first-order chi connectivity index (χ1) is 9.81. The number of sulfonamides is 1. The van der Waals surface area contributed by atoms with E-state index in [-0.39, 0.29) is 6.42 Å². The Kier molecular flexibility index (Phi) is 5.29. The number of nitrogens with one attached hydrogen (secondary N) is 2. The van der Waals surface area contributed by atoms with Crippen molar-refractivity contribution in [2.24, 2.45) is 0 Å². The number of hydrogen-bond acceptors (Lipinski definition) is 3. The van der Waals surface area contributed by atoms with Crippen LogP contribution >= 0.6 is 15.9 Å². The van der Waals surface area contributed by atoms with Crippen LogP contribution in [0.4, 0.5) is 13.2 Å². The van der Waals surface area contributed by atoms with Crippen LogP contribution in [0.2, 0.25) is 0 Å². The fourth-order valence-electron chi connectivity index (χ4n) is 2.33. The van der Waals surface area contributed by atoms with Gasteiger partial charge in [-0.2, -0.15) is 8.78 Å². The van der Waals surface area contributed by atoms with Gasteiger partial charge in [0.1, 0.15) is 5.82 Å². The maximum absolute atomic E-state index is 13.9. The molecule has 0 aromatic heterocycles. The molecule has 2 atom stereocenters. The molecule has 0 amide bonds. The quantitative estimate of drug-likeness (QED) is 0.813. The summed E-state index contributed by atoms with van der Waals surface area (Å²) in [5.74, 6) is -3.90. The average molecular weight is 387 g/mol. The second kappa shape index (κ2) is 6.64. The van der Waals surface area contributed by atoms with Gasteiger partial charge in [0.15, 0.2) is 0 Å². The third-order valence-corrected chi connectivity index (χ3v) is 5.08. The van der Waals surface area contributed by atoms with Gasteiger partial charge in [-0.3, -0.25) is 0 Å². The Morgan fingerprint density at radius 1 is 1.43 bits per heavy atom. The van der Waals surface area contributed by atoms with Crippen molar-refractivity contribution in [2.75, 3.05) is 6.54 Å². The van der Waals surface area contributed by atoms with Crippen molar-refractivity contribution in [3.8, 4) is 0 Å². The zero-order valence-electron chi connectivity index (χ0n) is 10.8. The SMILES string of the molecule is O=S(=O)(N[C@H]1CCN[C@H]1Cc1cccc(Br)c1F)C(F)F. The van der Waals surface area contributed by atoms with Crippen molar-refractivity contribution in [3.63, 3.8) is 0 Å². The van der Waals surface area contributed by atoms with E-state index in [1.54, 1.807) is 18.2 Å². The van der Waals surface area contributed by atoms with Crippen LogP contribution < -0.4 is 10.0 Å². The van der Waals surface area contributed by atoms with Gasteiger partial charge in [-0.15, -0.1) is 0 Å². The van der Waals surface area contributed by atoms with Crippen molar-refractivity contribution in [2.45, 2.75) is 30.7 Å². The lowest BCUT2D eigenvalue weighted by molar-refractivity contribution is 0.231. The second-order valence-corrected chi connectivity index (χ2v) is 7.33. The van der Waals surface area contributed by atoms with Gasteiger partial charge in [-0.1, -0.05) is 12.1 Å². The molecular weight excluding hydrogens is 373 g/mol. The molecule has 0 saturated carbocycles. The summed E-state index contributed by atoms with van der Waals surface area (Å²) in [5, 5.41) is 3.01. The zero-order valence-corrected chi connectivity index (χ0v) is 13.2. The molecule has 21 heavy (non-hydrogen) atoms. The fourth-order valence-corrected chi connectivity index (χ4v) is 3.54. The van der Waals surface area contributed by atoms with E-state index in [4.69, 9.17) is 0 Å². The molecule has 0 radical (unpaired) electrons. The van der Waals surface area contributed by atoms with E-state index in [0.717, 1.165) is 0 Å². The van der Waals surface area contributed by atoms with Crippen LogP contribution in [0, 0.1) is 5.82 Å². The molecule has 1 saturated heterocycles. The third-order valence-electron chi connectivity index (χ3n) is 3.37. The Hall–Kier alpha value is -0.640. The highest BCUT2D eigenvalue weighted by molar-refractivity contribution is 9.10. The van der Waals surface area contributed by atoms with Crippen LogP contribution in [0.3, 0.4) is 0 Å². The highest BCUT2D eigenvalue weighted by Crippen LogP contribution is 2.22. The lowest BCUT2D eigenvalue weighted by Gasteiger charge is -2.21. The van der Waals surface area contributed by atoms with Crippen LogP contribution in [-0.4, -0.2) is 32.8 Å². The summed E-state index contributed by atoms with van der Waals surface area (Å²) in [4.78, 5) is 0. The van der Waals surface area contributed by atoms with Crippen molar-refractivity contribution in [1.82, 2.24) is 10.0 Å². The third kappa shape index (κ3) is 3.97. The molecule has 1 aromatic carbocycles. The summed E-state index contributed by atoms with van der Waals surface area (Å²) in [5.41, 5.74) is 0.394. The molecule has 1 aliphatic heterocycles. The Balaban J connectivity index is 2.11. The predicted octanol–water partition coefficient (Wildman–Crippen LogP) is 2.00. The summed E-state index contributed by atoms with van der Waals surface area (Å²) in [6, 6.07) is 3.69. The predicted molar refractivity (Wildman–Crippen MR) is 76.1 cm³/mol. The summed E-state index contributed by atoms with van der Waals surface area (Å²) >= 11 is 3.07. The number of alkyl halides is 2. The Morgan fingerprint density at radius 2 is 2.14 bits per heavy atom. The van der Waals surface area contributed by atoms with E-state index >= 15 is 0 Å². The zero-order chi connectivity index (χ0) is 15.6. The van der Waals surface area contributed by atoms with Crippen LogP contribution in [0.5, 0.6) is 0 Å². The first-order valence-electron chi connectivity index (χ1n) is 6.27. The van der Waals surface area contributed by atoms with Gasteiger partial charge in [0.05, 0.1) is 4.47 Å². The van der Waals surface area contributed by atoms with Crippen molar-refractivity contribution in [3.05, 3.63) is 34.1 Å².